The van der Waals surface area contributed by atoms with Crippen molar-refractivity contribution in [3.8, 4) is 5.75 Å². The first kappa shape index (κ1) is 23.9. The van der Waals surface area contributed by atoms with E-state index in [1.165, 1.54) is 11.3 Å². The second kappa shape index (κ2) is 10.4. The number of amides is 1. The number of nitrogens with zero attached hydrogens (tertiary/aromatic N) is 4. The van der Waals surface area contributed by atoms with Crippen LogP contribution in [0.15, 0.2) is 53.6 Å². The summed E-state index contributed by atoms with van der Waals surface area (Å²) in [7, 11) is 3.56. The highest BCUT2D eigenvalue weighted by atomic mass is 32.1. The average Bonchev–Trinajstić information content (AvgIpc) is 3.26. The lowest BCUT2D eigenvalue weighted by atomic mass is 10.1. The van der Waals surface area contributed by atoms with Crippen LogP contribution in [-0.4, -0.2) is 58.5 Å². The van der Waals surface area contributed by atoms with Gasteiger partial charge in [-0.05, 0) is 36.9 Å². The standard InChI is InChI=1S/C26H30N4O3S/c1-5-30(6-2)16-15-28(3)26(32)24-22(33-17-18-11-13-27-14-12-18)21-23(34-24)19-9-7-8-10-20(19)29(4)25(21)31/h7-14H,5-6,15-17H2,1-4H3. The molecule has 0 spiro atoms. The van der Waals surface area contributed by atoms with Gasteiger partial charge in [0.15, 0.2) is 5.75 Å². The number of hydrogen-bond acceptors (Lipinski definition) is 6. The molecule has 0 aliphatic carbocycles. The molecule has 0 saturated carbocycles. The van der Waals surface area contributed by atoms with Crippen LogP contribution in [0.4, 0.5) is 0 Å². The Hall–Kier alpha value is -3.23. The van der Waals surface area contributed by atoms with Crippen LogP contribution in [0, 0.1) is 0 Å². The number of carbonyl (C=O) groups is 1. The zero-order chi connectivity index (χ0) is 24.2. The lowest BCUT2D eigenvalue weighted by Gasteiger charge is -2.23. The lowest BCUT2D eigenvalue weighted by molar-refractivity contribution is 0.0780. The van der Waals surface area contributed by atoms with Crippen LogP contribution in [0.3, 0.4) is 0 Å². The number of thiophene rings is 1. The van der Waals surface area contributed by atoms with E-state index >= 15 is 0 Å². The largest absolute Gasteiger partial charge is 0.486 e. The van der Waals surface area contributed by atoms with E-state index in [2.05, 4.69) is 23.7 Å². The van der Waals surface area contributed by atoms with Crippen molar-refractivity contribution in [2.75, 3.05) is 33.2 Å². The van der Waals surface area contributed by atoms with Crippen LogP contribution >= 0.6 is 11.3 Å². The molecule has 178 valence electrons. The summed E-state index contributed by atoms with van der Waals surface area (Å²) in [5.74, 6) is 0.229. The summed E-state index contributed by atoms with van der Waals surface area (Å²) >= 11 is 1.34. The van der Waals surface area contributed by atoms with E-state index < -0.39 is 0 Å². The molecule has 7 nitrogen and oxygen atoms in total. The number of para-hydroxylation sites is 1. The van der Waals surface area contributed by atoms with Crippen LogP contribution in [0.2, 0.25) is 0 Å². The molecular formula is C26H30N4O3S. The Morgan fingerprint density at radius 3 is 2.50 bits per heavy atom. The molecular weight excluding hydrogens is 448 g/mol. The molecule has 3 aromatic heterocycles. The summed E-state index contributed by atoms with van der Waals surface area (Å²) < 4.78 is 8.62. The Kier molecular flexibility index (Phi) is 7.29. The summed E-state index contributed by atoms with van der Waals surface area (Å²) in [5.41, 5.74) is 1.58. The SMILES string of the molecule is CCN(CC)CCN(C)C(=O)c1sc2c(c1OCc1ccncc1)c(=O)n(C)c1ccccc21. The number of aromatic nitrogens is 2. The molecule has 0 aliphatic heterocycles. The number of aryl methyl sites for hydroxylation is 1. The Morgan fingerprint density at radius 2 is 1.79 bits per heavy atom. The summed E-state index contributed by atoms with van der Waals surface area (Å²) in [5, 5.41) is 1.39. The first-order valence-electron chi connectivity index (χ1n) is 11.5. The van der Waals surface area contributed by atoms with E-state index in [9.17, 15) is 9.59 Å². The predicted molar refractivity (Wildman–Crippen MR) is 138 cm³/mol. The van der Waals surface area contributed by atoms with Gasteiger partial charge in [-0.1, -0.05) is 32.0 Å². The third-order valence-corrected chi connectivity index (χ3v) is 7.40. The zero-order valence-corrected chi connectivity index (χ0v) is 20.9. The fraction of sp³-hybridized carbons (Fsp3) is 0.346. The molecule has 0 unspecified atom stereocenters. The van der Waals surface area contributed by atoms with Crippen molar-refractivity contribution in [1.29, 1.82) is 0 Å². The minimum atomic E-state index is -0.167. The molecule has 34 heavy (non-hydrogen) atoms. The third-order valence-electron chi connectivity index (χ3n) is 6.21. The molecule has 0 N–H and O–H groups in total. The van der Waals surface area contributed by atoms with Crippen molar-refractivity contribution in [3.63, 3.8) is 0 Å². The summed E-state index contributed by atoms with van der Waals surface area (Å²) in [6.45, 7) is 7.73. The number of benzene rings is 1. The molecule has 1 aromatic carbocycles. The maximum absolute atomic E-state index is 13.6. The van der Waals surface area contributed by atoms with E-state index in [-0.39, 0.29) is 18.1 Å². The predicted octanol–water partition coefficient (Wildman–Crippen LogP) is 4.14. The first-order valence-corrected chi connectivity index (χ1v) is 12.3. The van der Waals surface area contributed by atoms with Crippen molar-refractivity contribution in [2.24, 2.45) is 7.05 Å². The van der Waals surface area contributed by atoms with Crippen LogP contribution in [0.1, 0.15) is 29.1 Å². The minimum absolute atomic E-state index is 0.135. The van der Waals surface area contributed by atoms with Crippen LogP contribution in [0.5, 0.6) is 5.75 Å². The van der Waals surface area contributed by atoms with Crippen LogP contribution in [0.25, 0.3) is 21.0 Å². The maximum atomic E-state index is 13.6. The highest BCUT2D eigenvalue weighted by molar-refractivity contribution is 7.22. The number of pyridine rings is 2. The van der Waals surface area contributed by atoms with Crippen LogP contribution < -0.4 is 10.3 Å². The second-order valence-corrected chi connectivity index (χ2v) is 9.26. The van der Waals surface area contributed by atoms with Gasteiger partial charge in [-0.15, -0.1) is 11.3 Å². The number of hydrogen-bond donors (Lipinski definition) is 0. The topological polar surface area (TPSA) is 67.7 Å². The first-order chi connectivity index (χ1) is 16.5. The highest BCUT2D eigenvalue weighted by Gasteiger charge is 2.27. The van der Waals surface area contributed by atoms with Crippen molar-refractivity contribution < 1.29 is 9.53 Å². The summed E-state index contributed by atoms with van der Waals surface area (Å²) in [6, 6.07) is 11.5. The van der Waals surface area contributed by atoms with Crippen molar-refractivity contribution in [2.45, 2.75) is 20.5 Å². The Morgan fingerprint density at radius 1 is 1.09 bits per heavy atom. The normalized spacial score (nSPS) is 11.4. The van der Waals surface area contributed by atoms with Gasteiger partial charge >= 0.3 is 0 Å². The van der Waals surface area contributed by atoms with Gasteiger partial charge < -0.3 is 19.1 Å². The van der Waals surface area contributed by atoms with Crippen molar-refractivity contribution in [3.05, 3.63) is 69.6 Å². The lowest BCUT2D eigenvalue weighted by Crippen LogP contribution is -2.36. The van der Waals surface area contributed by atoms with E-state index in [0.29, 0.717) is 22.6 Å². The molecule has 0 saturated heterocycles. The van der Waals surface area contributed by atoms with E-state index in [1.807, 2.05) is 36.4 Å². The molecule has 8 heteroatoms. The second-order valence-electron chi connectivity index (χ2n) is 8.24. The molecule has 0 aliphatic rings. The quantitative estimate of drug-likeness (QED) is 0.362. The molecule has 0 radical (unpaired) electrons. The number of likely N-dealkylation sites (N-methyl/N-ethyl adjacent to an activating group) is 2. The monoisotopic (exact) mass is 478 g/mol. The summed E-state index contributed by atoms with van der Waals surface area (Å²) in [6.07, 6.45) is 3.40. The van der Waals surface area contributed by atoms with Crippen molar-refractivity contribution >= 4 is 38.2 Å². The Balaban J connectivity index is 1.81. The number of rotatable bonds is 9. The number of fused-ring (bicyclic) bond motifs is 3. The van der Waals surface area contributed by atoms with Crippen LogP contribution in [-0.2, 0) is 13.7 Å². The van der Waals surface area contributed by atoms with E-state index in [0.717, 1.165) is 40.8 Å². The number of ether oxygens (including phenoxy) is 1. The van der Waals surface area contributed by atoms with Gasteiger partial charge in [0.1, 0.15) is 16.9 Å². The van der Waals surface area contributed by atoms with Gasteiger partial charge in [-0.2, -0.15) is 0 Å². The third kappa shape index (κ3) is 4.56. The molecule has 0 atom stereocenters. The Labute approximate surface area is 203 Å². The number of carbonyl (C=O) groups excluding carboxylic acids is 1. The van der Waals surface area contributed by atoms with Gasteiger partial charge in [0.2, 0.25) is 0 Å². The minimum Gasteiger partial charge on any atom is -0.486 e. The molecule has 3 heterocycles. The van der Waals surface area contributed by atoms with E-state index in [4.69, 9.17) is 4.74 Å². The molecule has 4 aromatic rings. The van der Waals surface area contributed by atoms with Gasteiger partial charge in [0.25, 0.3) is 11.5 Å². The molecule has 4 rings (SSSR count). The fourth-order valence-corrected chi connectivity index (χ4v) is 5.32. The highest BCUT2D eigenvalue weighted by Crippen LogP contribution is 2.40. The average molecular weight is 479 g/mol. The molecule has 0 fully saturated rings. The van der Waals surface area contributed by atoms with Gasteiger partial charge in [-0.25, -0.2) is 0 Å². The fourth-order valence-electron chi connectivity index (χ4n) is 4.05. The molecule has 1 amide bonds. The maximum Gasteiger partial charge on any atom is 0.267 e. The van der Waals surface area contributed by atoms with Gasteiger partial charge in [0.05, 0.1) is 10.2 Å². The Bertz CT molecular complexity index is 1360. The van der Waals surface area contributed by atoms with E-state index in [1.54, 1.807) is 36.0 Å². The summed E-state index contributed by atoms with van der Waals surface area (Å²) in [4.78, 5) is 35.5. The zero-order valence-electron chi connectivity index (χ0n) is 20.1. The molecule has 0 bridgehead atoms. The smallest absolute Gasteiger partial charge is 0.267 e. The van der Waals surface area contributed by atoms with Gasteiger partial charge in [-0.3, -0.25) is 14.6 Å². The van der Waals surface area contributed by atoms with Gasteiger partial charge in [0, 0.05) is 45.0 Å². The van der Waals surface area contributed by atoms with Crippen molar-refractivity contribution in [1.82, 2.24) is 19.4 Å².